The lowest BCUT2D eigenvalue weighted by molar-refractivity contribution is -0.118. The second-order valence-electron chi connectivity index (χ2n) is 6.92. The summed E-state index contributed by atoms with van der Waals surface area (Å²) in [5, 5.41) is 5.48. The van der Waals surface area contributed by atoms with Crippen molar-refractivity contribution in [1.29, 1.82) is 0 Å². The van der Waals surface area contributed by atoms with E-state index in [1.807, 2.05) is 72.8 Å². The fraction of sp³-hybridized carbons (Fsp3) is 0.125. The van der Waals surface area contributed by atoms with Gasteiger partial charge in [-0.05, 0) is 53.6 Å². The lowest BCUT2D eigenvalue weighted by atomic mass is 10.2. The maximum absolute atomic E-state index is 12.3. The van der Waals surface area contributed by atoms with Gasteiger partial charge < -0.3 is 9.30 Å². The predicted octanol–water partition coefficient (Wildman–Crippen LogP) is 4.99. The molecule has 1 heterocycles. The fourth-order valence-corrected chi connectivity index (χ4v) is 4.15. The molecule has 0 aliphatic carbocycles. The van der Waals surface area contributed by atoms with Crippen LogP contribution in [-0.2, 0) is 11.3 Å². The number of benzene rings is 3. The van der Waals surface area contributed by atoms with Gasteiger partial charge in [-0.25, -0.2) is 10.4 Å². The van der Waals surface area contributed by atoms with Crippen LogP contribution in [0.15, 0.2) is 83.1 Å². The average molecular weight is 465 g/mol. The van der Waals surface area contributed by atoms with Crippen LogP contribution < -0.4 is 10.2 Å². The molecule has 4 rings (SSSR count). The maximum atomic E-state index is 12.3. The normalized spacial score (nSPS) is 11.2. The van der Waals surface area contributed by atoms with Crippen molar-refractivity contribution < 1.29 is 9.53 Å². The second-order valence-corrected chi connectivity index (χ2v) is 8.27. The van der Waals surface area contributed by atoms with Crippen molar-refractivity contribution in [2.24, 2.45) is 5.10 Å². The number of hydrogen-bond donors (Lipinski definition) is 1. The number of carbonyl (C=O) groups is 1. The highest BCUT2D eigenvalue weighted by atomic mass is 35.5. The van der Waals surface area contributed by atoms with Crippen LogP contribution in [0.4, 0.5) is 0 Å². The number of fused-ring (bicyclic) bond motifs is 1. The fourth-order valence-electron chi connectivity index (χ4n) is 3.14. The van der Waals surface area contributed by atoms with Crippen LogP contribution in [0.5, 0.6) is 5.75 Å². The quantitative estimate of drug-likeness (QED) is 0.226. The molecule has 0 unspecified atom stereocenters. The molecule has 0 saturated carbocycles. The van der Waals surface area contributed by atoms with Crippen LogP contribution in [0.2, 0.25) is 5.02 Å². The van der Waals surface area contributed by atoms with Crippen molar-refractivity contribution >= 4 is 46.5 Å². The molecule has 0 aliphatic heterocycles. The SMILES string of the molecule is COc1ccc(/C=N\NC(=O)CSc2nc3ccccc3n2Cc2ccccc2Cl)cc1. The number of amides is 1. The van der Waals surface area contributed by atoms with E-state index in [0.29, 0.717) is 11.6 Å². The number of aromatic nitrogens is 2. The van der Waals surface area contributed by atoms with E-state index < -0.39 is 0 Å². The number of hydrogen-bond acceptors (Lipinski definition) is 5. The molecule has 8 heteroatoms. The Bertz CT molecular complexity index is 1250. The Hall–Kier alpha value is -3.29. The van der Waals surface area contributed by atoms with E-state index in [1.54, 1.807) is 13.3 Å². The van der Waals surface area contributed by atoms with Crippen molar-refractivity contribution in [3.63, 3.8) is 0 Å². The number of ether oxygens (including phenoxy) is 1. The first-order valence-corrected chi connectivity index (χ1v) is 11.3. The molecule has 0 radical (unpaired) electrons. The third kappa shape index (κ3) is 5.30. The Morgan fingerprint density at radius 1 is 1.12 bits per heavy atom. The first kappa shape index (κ1) is 21.9. The van der Waals surface area contributed by atoms with Crippen LogP contribution >= 0.6 is 23.4 Å². The Kier molecular flexibility index (Phi) is 7.09. The summed E-state index contributed by atoms with van der Waals surface area (Å²) in [6.07, 6.45) is 1.59. The zero-order valence-electron chi connectivity index (χ0n) is 17.4. The third-order valence-electron chi connectivity index (χ3n) is 4.76. The Morgan fingerprint density at radius 2 is 1.88 bits per heavy atom. The van der Waals surface area contributed by atoms with Gasteiger partial charge in [-0.3, -0.25) is 4.79 Å². The van der Waals surface area contributed by atoms with E-state index in [4.69, 9.17) is 21.3 Å². The van der Waals surface area contributed by atoms with Gasteiger partial charge in [0.05, 0.1) is 36.7 Å². The van der Waals surface area contributed by atoms with E-state index >= 15 is 0 Å². The van der Waals surface area contributed by atoms with Crippen molar-refractivity contribution in [3.05, 3.63) is 88.9 Å². The van der Waals surface area contributed by atoms with Gasteiger partial charge in [-0.1, -0.05) is 53.7 Å². The van der Waals surface area contributed by atoms with E-state index in [-0.39, 0.29) is 11.7 Å². The molecular weight excluding hydrogens is 444 g/mol. The molecular formula is C24H21ClN4O2S. The van der Waals surface area contributed by atoms with Crippen LogP contribution in [0.25, 0.3) is 11.0 Å². The summed E-state index contributed by atoms with van der Waals surface area (Å²) >= 11 is 7.73. The predicted molar refractivity (Wildman–Crippen MR) is 130 cm³/mol. The third-order valence-corrected chi connectivity index (χ3v) is 6.10. The summed E-state index contributed by atoms with van der Waals surface area (Å²) in [5.41, 5.74) is 6.29. The maximum Gasteiger partial charge on any atom is 0.250 e. The Morgan fingerprint density at radius 3 is 2.66 bits per heavy atom. The van der Waals surface area contributed by atoms with Crippen LogP contribution in [-0.4, -0.2) is 34.5 Å². The monoisotopic (exact) mass is 464 g/mol. The van der Waals surface area contributed by atoms with E-state index in [0.717, 1.165) is 33.1 Å². The van der Waals surface area contributed by atoms with Gasteiger partial charge >= 0.3 is 0 Å². The lowest BCUT2D eigenvalue weighted by Crippen LogP contribution is -2.20. The number of carbonyl (C=O) groups excluding carboxylic acids is 1. The van der Waals surface area contributed by atoms with Gasteiger partial charge in [0.2, 0.25) is 0 Å². The summed E-state index contributed by atoms with van der Waals surface area (Å²) in [6.45, 7) is 0.569. The Balaban J connectivity index is 1.43. The lowest BCUT2D eigenvalue weighted by Gasteiger charge is -2.10. The molecule has 162 valence electrons. The number of nitrogens with zero attached hydrogens (tertiary/aromatic N) is 3. The topological polar surface area (TPSA) is 68.5 Å². The van der Waals surface area contributed by atoms with Gasteiger partial charge in [0.25, 0.3) is 5.91 Å². The van der Waals surface area contributed by atoms with Gasteiger partial charge in [-0.15, -0.1) is 0 Å². The van der Waals surface area contributed by atoms with Crippen molar-refractivity contribution in [2.75, 3.05) is 12.9 Å². The molecule has 4 aromatic rings. The summed E-state index contributed by atoms with van der Waals surface area (Å²) in [7, 11) is 1.61. The summed E-state index contributed by atoms with van der Waals surface area (Å²) in [5.74, 6) is 0.740. The number of hydrazone groups is 1. The largest absolute Gasteiger partial charge is 0.497 e. The first-order valence-electron chi connectivity index (χ1n) is 9.91. The summed E-state index contributed by atoms with van der Waals surface area (Å²) in [6, 6.07) is 23.0. The number of thioether (sulfide) groups is 1. The van der Waals surface area contributed by atoms with Crippen molar-refractivity contribution in [1.82, 2.24) is 15.0 Å². The minimum Gasteiger partial charge on any atom is -0.497 e. The molecule has 1 N–H and O–H groups in total. The van der Waals surface area contributed by atoms with Crippen LogP contribution in [0.3, 0.4) is 0 Å². The van der Waals surface area contributed by atoms with E-state index in [1.165, 1.54) is 11.8 Å². The molecule has 1 amide bonds. The molecule has 3 aromatic carbocycles. The van der Waals surface area contributed by atoms with Crippen molar-refractivity contribution in [2.45, 2.75) is 11.7 Å². The number of rotatable bonds is 8. The number of halogens is 1. The number of methoxy groups -OCH3 is 1. The molecule has 32 heavy (non-hydrogen) atoms. The highest BCUT2D eigenvalue weighted by molar-refractivity contribution is 7.99. The molecule has 0 saturated heterocycles. The standard InChI is InChI=1S/C24H21ClN4O2S/c1-31-19-12-10-17(11-13-19)14-26-28-23(30)16-32-24-27-21-8-4-5-9-22(21)29(24)15-18-6-2-3-7-20(18)25/h2-14H,15-16H2,1H3,(H,28,30)/b26-14-. The second kappa shape index (κ2) is 10.3. The zero-order valence-corrected chi connectivity index (χ0v) is 18.9. The highest BCUT2D eigenvalue weighted by Gasteiger charge is 2.14. The molecule has 0 atom stereocenters. The van der Waals surface area contributed by atoms with Gasteiger partial charge in [0, 0.05) is 5.02 Å². The Labute approximate surface area is 195 Å². The molecule has 0 spiro atoms. The first-order chi connectivity index (χ1) is 15.6. The number of nitrogens with one attached hydrogen (secondary N) is 1. The zero-order chi connectivity index (χ0) is 22.3. The van der Waals surface area contributed by atoms with Gasteiger partial charge in [0.15, 0.2) is 5.16 Å². The van der Waals surface area contributed by atoms with E-state index in [9.17, 15) is 4.79 Å². The van der Waals surface area contributed by atoms with Crippen LogP contribution in [0, 0.1) is 0 Å². The van der Waals surface area contributed by atoms with Crippen molar-refractivity contribution in [3.8, 4) is 5.75 Å². The van der Waals surface area contributed by atoms with Gasteiger partial charge in [0.1, 0.15) is 5.75 Å². The summed E-state index contributed by atoms with van der Waals surface area (Å²) in [4.78, 5) is 17.0. The molecule has 0 aliphatic rings. The summed E-state index contributed by atoms with van der Waals surface area (Å²) < 4.78 is 7.21. The molecule has 6 nitrogen and oxygen atoms in total. The van der Waals surface area contributed by atoms with Crippen LogP contribution in [0.1, 0.15) is 11.1 Å². The average Bonchev–Trinajstić information content (AvgIpc) is 3.17. The van der Waals surface area contributed by atoms with Gasteiger partial charge in [-0.2, -0.15) is 5.10 Å². The minimum absolute atomic E-state index is 0.186. The van der Waals surface area contributed by atoms with E-state index in [2.05, 4.69) is 15.1 Å². The highest BCUT2D eigenvalue weighted by Crippen LogP contribution is 2.27. The molecule has 1 aromatic heterocycles. The minimum atomic E-state index is -0.212. The molecule has 0 bridgehead atoms. The molecule has 0 fully saturated rings. The smallest absolute Gasteiger partial charge is 0.250 e. The number of imidazole rings is 1. The number of para-hydroxylation sites is 2.